The number of carbonyl (C=O) groups is 1. The number of methoxy groups -OCH3 is 1. The zero-order chi connectivity index (χ0) is 20.8. The highest BCUT2D eigenvalue weighted by atomic mass is 32.1. The Morgan fingerprint density at radius 1 is 1.28 bits per heavy atom. The normalized spacial score (nSPS) is 14.8. The van der Waals surface area contributed by atoms with Crippen molar-refractivity contribution in [2.75, 3.05) is 20.2 Å². The molecule has 29 heavy (non-hydrogen) atoms. The van der Waals surface area contributed by atoms with Crippen LogP contribution in [0.3, 0.4) is 0 Å². The molecule has 0 saturated carbocycles. The van der Waals surface area contributed by atoms with Gasteiger partial charge in [0.05, 0.1) is 19.2 Å². The van der Waals surface area contributed by atoms with Crippen LogP contribution < -0.4 is 15.7 Å². The lowest BCUT2D eigenvalue weighted by molar-refractivity contribution is -0.120. The van der Waals surface area contributed by atoms with E-state index >= 15 is 0 Å². The Labute approximate surface area is 174 Å². The summed E-state index contributed by atoms with van der Waals surface area (Å²) in [4.78, 5) is 31.2. The van der Waals surface area contributed by atoms with Gasteiger partial charge in [-0.05, 0) is 68.8 Å². The molecule has 1 amide bonds. The molecule has 0 radical (unpaired) electrons. The highest BCUT2D eigenvalue weighted by molar-refractivity contribution is 7.71. The number of nitrogens with zero attached hydrogens (tertiary/aromatic N) is 2. The minimum atomic E-state index is -0.347. The van der Waals surface area contributed by atoms with Crippen molar-refractivity contribution in [1.29, 1.82) is 0 Å². The molecule has 0 aliphatic carbocycles. The minimum Gasteiger partial charge on any atom is -0.496 e. The van der Waals surface area contributed by atoms with Crippen molar-refractivity contribution in [2.45, 2.75) is 32.7 Å². The number of H-pyrrole nitrogens is 2. The largest absolute Gasteiger partial charge is 0.496 e. The molecule has 8 nitrogen and oxygen atoms in total. The number of carbonyl (C=O) groups excluding carboxylic acids is 1. The molecule has 154 valence electrons. The third-order valence-corrected chi connectivity index (χ3v) is 5.01. The van der Waals surface area contributed by atoms with Crippen molar-refractivity contribution in [3.05, 3.63) is 56.2 Å². The molecule has 1 aliphatic rings. The summed E-state index contributed by atoms with van der Waals surface area (Å²) in [5, 5.41) is 4.20. The maximum Gasteiger partial charge on any atom is 0.251 e. The molecule has 1 aromatic carbocycles. The third kappa shape index (κ3) is 5.85. The Morgan fingerprint density at radius 3 is 2.72 bits per heavy atom. The summed E-state index contributed by atoms with van der Waals surface area (Å²) in [6.07, 6.45) is 2.44. The lowest BCUT2D eigenvalue weighted by Crippen LogP contribution is -2.23. The summed E-state index contributed by atoms with van der Waals surface area (Å²) in [7, 11) is 1.67. The van der Waals surface area contributed by atoms with Crippen LogP contribution in [0.25, 0.3) is 0 Å². The van der Waals surface area contributed by atoms with Gasteiger partial charge in [-0.3, -0.25) is 19.5 Å². The first-order chi connectivity index (χ1) is 13.9. The van der Waals surface area contributed by atoms with Gasteiger partial charge in [0.15, 0.2) is 4.77 Å². The predicted molar refractivity (Wildman–Crippen MR) is 114 cm³/mol. The number of benzene rings is 1. The number of hydrazone groups is 1. The highest BCUT2D eigenvalue weighted by Gasteiger charge is 2.15. The molecule has 0 unspecified atom stereocenters. The van der Waals surface area contributed by atoms with Crippen LogP contribution in [0, 0.1) is 4.77 Å². The zero-order valence-electron chi connectivity index (χ0n) is 16.6. The van der Waals surface area contributed by atoms with Gasteiger partial charge in [-0.15, -0.1) is 0 Å². The predicted octanol–water partition coefficient (Wildman–Crippen LogP) is 2.12. The zero-order valence-corrected chi connectivity index (χ0v) is 17.4. The number of likely N-dealkylation sites (tertiary alicyclic amines) is 1. The van der Waals surface area contributed by atoms with E-state index in [2.05, 4.69) is 31.5 Å². The number of amides is 1. The molecule has 1 aliphatic heterocycles. The van der Waals surface area contributed by atoms with Crippen molar-refractivity contribution in [2.24, 2.45) is 5.10 Å². The molecule has 0 atom stereocenters. The Bertz CT molecular complexity index is 993. The monoisotopic (exact) mass is 415 g/mol. The second-order valence-electron chi connectivity index (χ2n) is 7.03. The number of ether oxygens (including phenoxy) is 1. The van der Waals surface area contributed by atoms with E-state index in [1.54, 1.807) is 7.11 Å². The summed E-state index contributed by atoms with van der Waals surface area (Å²) in [6, 6.07) is 7.21. The van der Waals surface area contributed by atoms with Crippen molar-refractivity contribution >= 4 is 23.8 Å². The third-order valence-electron chi connectivity index (χ3n) is 4.81. The standard InChI is InChI=1S/C20H25N5O3S/c1-13(23-24-19(27)11-16-10-18(26)22-20(29)21-16)14-5-6-17(28-2)15(9-14)12-25-7-3-4-8-25/h5-6,9-10H,3-4,7-8,11-12H2,1-2H3,(H,24,27)(H2,21,22,26,29)/b23-13-. The van der Waals surface area contributed by atoms with Crippen LogP contribution in [0.1, 0.15) is 36.6 Å². The Balaban J connectivity index is 1.68. The van der Waals surface area contributed by atoms with Gasteiger partial charge < -0.3 is 9.72 Å². The molecule has 9 heteroatoms. The van der Waals surface area contributed by atoms with E-state index in [-0.39, 0.29) is 22.7 Å². The number of aromatic amines is 2. The van der Waals surface area contributed by atoms with E-state index in [9.17, 15) is 9.59 Å². The van der Waals surface area contributed by atoms with Crippen molar-refractivity contribution in [3.8, 4) is 5.75 Å². The fourth-order valence-corrected chi connectivity index (χ4v) is 3.58. The van der Waals surface area contributed by atoms with Crippen molar-refractivity contribution in [1.82, 2.24) is 20.3 Å². The highest BCUT2D eigenvalue weighted by Crippen LogP contribution is 2.23. The minimum absolute atomic E-state index is 0.0207. The van der Waals surface area contributed by atoms with Crippen LogP contribution in [-0.2, 0) is 17.8 Å². The molecule has 0 spiro atoms. The molecule has 3 rings (SSSR count). The number of hydrogen-bond acceptors (Lipinski definition) is 6. The van der Waals surface area contributed by atoms with Crippen LogP contribution in [0.4, 0.5) is 0 Å². The quantitative estimate of drug-likeness (QED) is 0.365. The average molecular weight is 416 g/mol. The number of aromatic nitrogens is 2. The molecule has 0 bridgehead atoms. The molecule has 3 N–H and O–H groups in total. The van der Waals surface area contributed by atoms with Crippen LogP contribution in [0.2, 0.25) is 0 Å². The average Bonchev–Trinajstić information content (AvgIpc) is 3.18. The van der Waals surface area contributed by atoms with Crippen molar-refractivity contribution < 1.29 is 9.53 Å². The van der Waals surface area contributed by atoms with Gasteiger partial charge in [-0.1, -0.05) is 0 Å². The van der Waals surface area contributed by atoms with Gasteiger partial charge >= 0.3 is 0 Å². The fraction of sp³-hybridized carbons (Fsp3) is 0.400. The molecule has 1 saturated heterocycles. The topological polar surface area (TPSA) is 103 Å². The maximum absolute atomic E-state index is 12.2. The number of hydrogen-bond donors (Lipinski definition) is 3. The first-order valence-electron chi connectivity index (χ1n) is 9.50. The van der Waals surface area contributed by atoms with Gasteiger partial charge in [-0.25, -0.2) is 5.43 Å². The summed E-state index contributed by atoms with van der Waals surface area (Å²) >= 11 is 4.91. The molecule has 1 fully saturated rings. The van der Waals surface area contributed by atoms with E-state index in [0.717, 1.165) is 36.5 Å². The molecular formula is C20H25N5O3S. The molecule has 1 aromatic heterocycles. The second-order valence-corrected chi connectivity index (χ2v) is 7.44. The Kier molecular flexibility index (Phi) is 6.95. The van der Waals surface area contributed by atoms with Crippen LogP contribution in [0.5, 0.6) is 5.75 Å². The summed E-state index contributed by atoms with van der Waals surface area (Å²) < 4.78 is 5.68. The van der Waals surface area contributed by atoms with Gasteiger partial charge in [0, 0.05) is 23.9 Å². The van der Waals surface area contributed by atoms with E-state index in [1.807, 2.05) is 19.1 Å². The Morgan fingerprint density at radius 2 is 2.03 bits per heavy atom. The van der Waals surface area contributed by atoms with Crippen LogP contribution in [0.15, 0.2) is 34.2 Å². The van der Waals surface area contributed by atoms with Gasteiger partial charge in [-0.2, -0.15) is 5.10 Å². The SMILES string of the molecule is COc1ccc(/C(C)=N\NC(=O)Cc2cc(=O)[nH]c(=S)[nH]2)cc1CN1CCCC1. The smallest absolute Gasteiger partial charge is 0.251 e. The first-order valence-corrected chi connectivity index (χ1v) is 9.90. The Hall–Kier alpha value is -2.78. The van der Waals surface area contributed by atoms with Crippen LogP contribution in [-0.4, -0.2) is 46.7 Å². The van der Waals surface area contributed by atoms with E-state index in [4.69, 9.17) is 17.0 Å². The summed E-state index contributed by atoms with van der Waals surface area (Å²) in [5.74, 6) is 0.508. The summed E-state index contributed by atoms with van der Waals surface area (Å²) in [6.45, 7) is 4.87. The molecule has 2 heterocycles. The van der Waals surface area contributed by atoms with Crippen LogP contribution >= 0.6 is 12.2 Å². The number of rotatable bonds is 7. The maximum atomic E-state index is 12.2. The van der Waals surface area contributed by atoms with E-state index < -0.39 is 0 Å². The fourth-order valence-electron chi connectivity index (χ4n) is 3.35. The van der Waals surface area contributed by atoms with E-state index in [0.29, 0.717) is 11.4 Å². The van der Waals surface area contributed by atoms with Gasteiger partial charge in [0.1, 0.15) is 5.75 Å². The second kappa shape index (κ2) is 9.62. The summed E-state index contributed by atoms with van der Waals surface area (Å²) in [5.41, 5.74) is 5.31. The molecular weight excluding hydrogens is 390 g/mol. The lowest BCUT2D eigenvalue weighted by atomic mass is 10.1. The molecule has 2 aromatic rings. The van der Waals surface area contributed by atoms with Crippen molar-refractivity contribution in [3.63, 3.8) is 0 Å². The first kappa shape index (κ1) is 20.9. The lowest BCUT2D eigenvalue weighted by Gasteiger charge is -2.17. The van der Waals surface area contributed by atoms with Gasteiger partial charge in [0.2, 0.25) is 5.91 Å². The van der Waals surface area contributed by atoms with Gasteiger partial charge in [0.25, 0.3) is 5.56 Å². The number of nitrogens with one attached hydrogen (secondary N) is 3. The van der Waals surface area contributed by atoms with E-state index in [1.165, 1.54) is 18.9 Å².